The Kier molecular flexibility index (Phi) is 6.76. The number of aryl methyl sites for hydroxylation is 1. The van der Waals surface area contributed by atoms with Gasteiger partial charge in [0.05, 0.1) is 23.4 Å². The molecule has 8 heteroatoms. The van der Waals surface area contributed by atoms with Crippen molar-refractivity contribution in [3.05, 3.63) is 58.9 Å². The number of rotatable bonds is 5. The summed E-state index contributed by atoms with van der Waals surface area (Å²) in [6.45, 7) is 4.82. The lowest BCUT2D eigenvalue weighted by atomic mass is 9.96. The van der Waals surface area contributed by atoms with E-state index in [2.05, 4.69) is 4.98 Å². The number of halogens is 1. The number of fused-ring (bicyclic) bond motifs is 1. The van der Waals surface area contributed by atoms with Crippen LogP contribution < -0.4 is 5.73 Å². The number of hydrogen-bond acceptors (Lipinski definition) is 7. The molecule has 2 fully saturated rings. The highest BCUT2D eigenvalue weighted by atomic mass is 35.5. The van der Waals surface area contributed by atoms with E-state index in [-0.39, 0.29) is 29.8 Å². The van der Waals surface area contributed by atoms with Crippen LogP contribution in [0.15, 0.2) is 47.5 Å². The number of nitrogens with zero attached hydrogens (tertiary/aromatic N) is 1. The maximum atomic E-state index is 6.63. The zero-order valence-corrected chi connectivity index (χ0v) is 17.9. The van der Waals surface area contributed by atoms with Crippen molar-refractivity contribution in [1.82, 2.24) is 4.98 Å². The summed E-state index contributed by atoms with van der Waals surface area (Å²) in [6, 6.07) is 11.4. The molecule has 0 aliphatic carbocycles. The van der Waals surface area contributed by atoms with Crippen molar-refractivity contribution < 1.29 is 18.9 Å². The quantitative estimate of drug-likeness (QED) is 0.765. The van der Waals surface area contributed by atoms with Crippen molar-refractivity contribution in [2.45, 2.75) is 54.8 Å². The van der Waals surface area contributed by atoms with E-state index in [9.17, 15) is 0 Å². The standard InChI is InChI=1S/C21H25ClN2O4S/c1-3-25-19-17(23)18-15(11-26-20(28-18)13-7-5-4-6-8-13)27-21(19)29-16-9-14(22)10-24-12(16)2/h4-10,15,17-21H,3,11,23H2,1-2H3. The Morgan fingerprint density at radius 2 is 2.07 bits per heavy atom. The third-order valence-electron chi connectivity index (χ3n) is 5.08. The van der Waals surface area contributed by atoms with Crippen molar-refractivity contribution in [3.63, 3.8) is 0 Å². The van der Waals surface area contributed by atoms with Crippen LogP contribution in [0.4, 0.5) is 0 Å². The van der Waals surface area contributed by atoms with Crippen LogP contribution >= 0.6 is 23.4 Å². The maximum Gasteiger partial charge on any atom is 0.184 e. The minimum absolute atomic E-state index is 0.272. The molecule has 2 aromatic rings. The highest BCUT2D eigenvalue weighted by Crippen LogP contribution is 2.40. The molecule has 0 spiro atoms. The van der Waals surface area contributed by atoms with Gasteiger partial charge in [-0.05, 0) is 19.9 Å². The van der Waals surface area contributed by atoms with E-state index in [4.69, 9.17) is 36.3 Å². The Morgan fingerprint density at radius 1 is 1.28 bits per heavy atom. The Labute approximate surface area is 180 Å². The van der Waals surface area contributed by atoms with Gasteiger partial charge in [0.1, 0.15) is 23.7 Å². The zero-order chi connectivity index (χ0) is 20.4. The second-order valence-electron chi connectivity index (χ2n) is 7.07. The molecule has 0 amide bonds. The van der Waals surface area contributed by atoms with Crippen LogP contribution in [-0.2, 0) is 18.9 Å². The number of ether oxygens (including phenoxy) is 4. The van der Waals surface area contributed by atoms with E-state index >= 15 is 0 Å². The molecule has 2 aliphatic rings. The van der Waals surface area contributed by atoms with Gasteiger partial charge in [0.2, 0.25) is 0 Å². The first kappa shape index (κ1) is 21.1. The second-order valence-corrected chi connectivity index (χ2v) is 8.65. The predicted octanol–water partition coefficient (Wildman–Crippen LogP) is 3.71. The first-order valence-corrected chi connectivity index (χ1v) is 11.0. The third kappa shape index (κ3) is 4.61. The van der Waals surface area contributed by atoms with Gasteiger partial charge in [0.25, 0.3) is 0 Å². The van der Waals surface area contributed by atoms with Crippen LogP contribution in [0.3, 0.4) is 0 Å². The smallest absolute Gasteiger partial charge is 0.184 e. The van der Waals surface area contributed by atoms with Crippen molar-refractivity contribution in [2.75, 3.05) is 13.2 Å². The average molecular weight is 437 g/mol. The van der Waals surface area contributed by atoms with Crippen molar-refractivity contribution in [3.8, 4) is 0 Å². The Hall–Kier alpha value is -1.19. The van der Waals surface area contributed by atoms with Crippen LogP contribution in [0, 0.1) is 6.92 Å². The zero-order valence-electron chi connectivity index (χ0n) is 16.4. The summed E-state index contributed by atoms with van der Waals surface area (Å²) in [4.78, 5) is 5.27. The average Bonchev–Trinajstić information content (AvgIpc) is 2.74. The number of benzene rings is 1. The molecule has 1 aromatic heterocycles. The van der Waals surface area contributed by atoms with E-state index in [0.717, 1.165) is 16.2 Å². The molecule has 4 rings (SSSR count). The number of hydrogen-bond donors (Lipinski definition) is 1. The lowest BCUT2D eigenvalue weighted by molar-refractivity contribution is -0.300. The van der Waals surface area contributed by atoms with Crippen molar-refractivity contribution in [2.24, 2.45) is 5.73 Å². The van der Waals surface area contributed by atoms with E-state index < -0.39 is 6.29 Å². The Balaban J connectivity index is 1.53. The normalized spacial score (nSPS) is 32.0. The molecule has 1 aromatic carbocycles. The monoisotopic (exact) mass is 436 g/mol. The van der Waals surface area contributed by atoms with Crippen LogP contribution in [0.1, 0.15) is 24.5 Å². The fourth-order valence-electron chi connectivity index (χ4n) is 3.62. The molecule has 156 valence electrons. The molecular formula is C21H25ClN2O4S. The predicted molar refractivity (Wildman–Crippen MR) is 112 cm³/mol. The number of aromatic nitrogens is 1. The van der Waals surface area contributed by atoms with Crippen LogP contribution in [0.5, 0.6) is 0 Å². The maximum absolute atomic E-state index is 6.63. The van der Waals surface area contributed by atoms with E-state index in [0.29, 0.717) is 18.2 Å². The highest BCUT2D eigenvalue weighted by molar-refractivity contribution is 7.99. The first-order valence-electron chi connectivity index (χ1n) is 9.70. The third-order valence-corrected chi connectivity index (χ3v) is 6.56. The van der Waals surface area contributed by atoms with Gasteiger partial charge in [0.15, 0.2) is 6.29 Å². The lowest BCUT2D eigenvalue weighted by Gasteiger charge is -2.48. The molecule has 29 heavy (non-hydrogen) atoms. The summed E-state index contributed by atoms with van der Waals surface area (Å²) in [5.41, 5.74) is 8.16. The van der Waals surface area contributed by atoms with Gasteiger partial charge >= 0.3 is 0 Å². The molecule has 6 atom stereocenters. The molecule has 3 heterocycles. The SMILES string of the molecule is CCOC1C(Sc2cc(Cl)cnc2C)OC2COC(c3ccccc3)OC2C1N. The minimum Gasteiger partial charge on any atom is -0.373 e. The van der Waals surface area contributed by atoms with Crippen molar-refractivity contribution >= 4 is 23.4 Å². The van der Waals surface area contributed by atoms with Gasteiger partial charge in [-0.15, -0.1) is 0 Å². The molecule has 2 aliphatic heterocycles. The molecule has 2 N–H and O–H groups in total. The molecule has 0 saturated carbocycles. The summed E-state index contributed by atoms with van der Waals surface area (Å²) < 4.78 is 24.5. The largest absolute Gasteiger partial charge is 0.373 e. The van der Waals surface area contributed by atoms with E-state index in [1.54, 1.807) is 6.20 Å². The van der Waals surface area contributed by atoms with E-state index in [1.165, 1.54) is 11.8 Å². The van der Waals surface area contributed by atoms with Crippen LogP contribution in [0.2, 0.25) is 5.02 Å². The topological polar surface area (TPSA) is 75.8 Å². The van der Waals surface area contributed by atoms with Gasteiger partial charge in [-0.25, -0.2) is 0 Å². The number of nitrogens with two attached hydrogens (primary N) is 1. The summed E-state index contributed by atoms with van der Waals surface area (Å²) >= 11 is 7.66. The fraction of sp³-hybridized carbons (Fsp3) is 0.476. The number of thioether (sulfide) groups is 1. The fourth-order valence-corrected chi connectivity index (χ4v) is 5.10. The molecule has 2 saturated heterocycles. The minimum atomic E-state index is -0.460. The summed E-state index contributed by atoms with van der Waals surface area (Å²) in [5, 5.41) is 0.582. The van der Waals surface area contributed by atoms with Crippen molar-refractivity contribution in [1.29, 1.82) is 0 Å². The van der Waals surface area contributed by atoms with Crippen LogP contribution in [-0.4, -0.2) is 48.0 Å². The summed E-state index contributed by atoms with van der Waals surface area (Å²) in [5.74, 6) is 0. The summed E-state index contributed by atoms with van der Waals surface area (Å²) in [7, 11) is 0. The molecule has 6 nitrogen and oxygen atoms in total. The van der Waals surface area contributed by atoms with Crippen LogP contribution in [0.25, 0.3) is 0 Å². The highest BCUT2D eigenvalue weighted by Gasteiger charge is 2.49. The molecule has 0 bridgehead atoms. The molecule has 0 radical (unpaired) electrons. The lowest BCUT2D eigenvalue weighted by Crippen LogP contribution is -2.64. The second kappa shape index (κ2) is 9.31. The first-order chi connectivity index (χ1) is 14.1. The van der Waals surface area contributed by atoms with Gasteiger partial charge in [-0.3, -0.25) is 4.98 Å². The Bertz CT molecular complexity index is 828. The summed E-state index contributed by atoms with van der Waals surface area (Å²) in [6.07, 6.45) is 0.251. The number of pyridine rings is 1. The molecule has 6 unspecified atom stereocenters. The van der Waals surface area contributed by atoms with Gasteiger partial charge in [0, 0.05) is 23.3 Å². The van der Waals surface area contributed by atoms with Gasteiger partial charge in [-0.1, -0.05) is 53.7 Å². The van der Waals surface area contributed by atoms with Gasteiger partial charge < -0.3 is 24.7 Å². The molecular weight excluding hydrogens is 412 g/mol. The van der Waals surface area contributed by atoms with E-state index in [1.807, 2.05) is 50.2 Å². The Morgan fingerprint density at radius 3 is 2.83 bits per heavy atom. The van der Waals surface area contributed by atoms with Gasteiger partial charge in [-0.2, -0.15) is 0 Å².